The molecule has 0 spiro atoms. The lowest BCUT2D eigenvalue weighted by molar-refractivity contribution is 0.0833. The van der Waals surface area contributed by atoms with Crippen molar-refractivity contribution in [2.45, 2.75) is 31.8 Å². The van der Waals surface area contributed by atoms with Gasteiger partial charge < -0.3 is 10.6 Å². The largest absolute Gasteiger partial charge is 0.397 e. The van der Waals surface area contributed by atoms with Gasteiger partial charge in [0, 0.05) is 44.6 Å². The molecule has 28 heavy (non-hydrogen) atoms. The van der Waals surface area contributed by atoms with Gasteiger partial charge in [0.1, 0.15) is 9.71 Å². The zero-order chi connectivity index (χ0) is 19.7. The third-order valence-corrected chi connectivity index (χ3v) is 6.26. The summed E-state index contributed by atoms with van der Waals surface area (Å²) < 4.78 is 0. The SMILES string of the molecule is CN(C)C(=O)c1sc2nc([C@H]3CCCCN3Cc3cnccn3)ccc2c1N. The van der Waals surface area contributed by atoms with E-state index in [-0.39, 0.29) is 11.9 Å². The van der Waals surface area contributed by atoms with Gasteiger partial charge in [0.15, 0.2) is 0 Å². The van der Waals surface area contributed by atoms with Crippen LogP contribution in [0.1, 0.15) is 46.4 Å². The monoisotopic (exact) mass is 396 g/mol. The Morgan fingerprint density at radius 3 is 2.93 bits per heavy atom. The van der Waals surface area contributed by atoms with Crippen molar-refractivity contribution >= 4 is 33.1 Å². The maximum Gasteiger partial charge on any atom is 0.265 e. The minimum absolute atomic E-state index is 0.0796. The maximum atomic E-state index is 12.4. The topological polar surface area (TPSA) is 88.2 Å². The van der Waals surface area contributed by atoms with Crippen LogP contribution in [0.15, 0.2) is 30.7 Å². The first kappa shape index (κ1) is 18.8. The molecule has 4 rings (SSSR count). The molecule has 1 atom stereocenters. The zero-order valence-corrected chi connectivity index (χ0v) is 16.9. The summed E-state index contributed by atoms with van der Waals surface area (Å²) in [4.78, 5) is 31.2. The van der Waals surface area contributed by atoms with Crippen molar-refractivity contribution in [1.29, 1.82) is 0 Å². The third kappa shape index (κ3) is 3.57. The van der Waals surface area contributed by atoms with E-state index in [0.29, 0.717) is 10.6 Å². The van der Waals surface area contributed by atoms with Crippen molar-refractivity contribution in [1.82, 2.24) is 24.8 Å². The molecular weight excluding hydrogens is 372 g/mol. The van der Waals surface area contributed by atoms with Crippen molar-refractivity contribution < 1.29 is 4.79 Å². The molecule has 3 aromatic rings. The second-order valence-corrected chi connectivity index (χ2v) is 8.31. The van der Waals surface area contributed by atoms with E-state index in [1.165, 1.54) is 24.2 Å². The smallest absolute Gasteiger partial charge is 0.265 e. The second kappa shape index (κ2) is 7.81. The Balaban J connectivity index is 1.65. The van der Waals surface area contributed by atoms with Crippen molar-refractivity contribution in [2.24, 2.45) is 0 Å². The molecule has 4 heterocycles. The van der Waals surface area contributed by atoms with Crippen LogP contribution in [0.3, 0.4) is 0 Å². The molecule has 0 saturated carbocycles. The molecule has 1 aliphatic rings. The number of hydrogen-bond donors (Lipinski definition) is 1. The Labute approximate surface area is 168 Å². The number of rotatable bonds is 4. The average molecular weight is 397 g/mol. The van der Waals surface area contributed by atoms with Crippen molar-refractivity contribution in [2.75, 3.05) is 26.4 Å². The van der Waals surface area contributed by atoms with Crippen LogP contribution in [0, 0.1) is 0 Å². The summed E-state index contributed by atoms with van der Waals surface area (Å²) in [7, 11) is 3.47. The number of pyridine rings is 1. The first-order valence-corrected chi connectivity index (χ1v) is 10.3. The van der Waals surface area contributed by atoms with E-state index in [4.69, 9.17) is 10.7 Å². The van der Waals surface area contributed by atoms with Gasteiger partial charge in [-0.2, -0.15) is 0 Å². The summed E-state index contributed by atoms with van der Waals surface area (Å²) in [6, 6.07) is 4.29. The van der Waals surface area contributed by atoms with E-state index in [1.54, 1.807) is 31.4 Å². The molecule has 1 aliphatic heterocycles. The van der Waals surface area contributed by atoms with Crippen molar-refractivity contribution in [3.8, 4) is 0 Å². The number of carbonyl (C=O) groups is 1. The lowest BCUT2D eigenvalue weighted by Gasteiger charge is -2.35. The molecule has 1 fully saturated rings. The summed E-state index contributed by atoms with van der Waals surface area (Å²) in [5.41, 5.74) is 8.75. The summed E-state index contributed by atoms with van der Waals surface area (Å²) in [5.74, 6) is -0.0796. The van der Waals surface area contributed by atoms with Crippen LogP contribution in [0.25, 0.3) is 10.2 Å². The van der Waals surface area contributed by atoms with E-state index in [1.807, 2.05) is 12.3 Å². The second-order valence-electron chi connectivity index (χ2n) is 7.31. The number of thiophene rings is 1. The van der Waals surface area contributed by atoms with Gasteiger partial charge in [-0.05, 0) is 31.5 Å². The third-order valence-electron chi connectivity index (χ3n) is 5.15. The molecule has 8 heteroatoms. The van der Waals surface area contributed by atoms with Crippen LogP contribution >= 0.6 is 11.3 Å². The molecule has 2 N–H and O–H groups in total. The number of carbonyl (C=O) groups excluding carboxylic acids is 1. The van der Waals surface area contributed by atoms with Crippen molar-refractivity contribution in [3.63, 3.8) is 0 Å². The number of nitrogens with zero attached hydrogens (tertiary/aromatic N) is 5. The van der Waals surface area contributed by atoms with Gasteiger partial charge in [0.25, 0.3) is 5.91 Å². The van der Waals surface area contributed by atoms with Gasteiger partial charge in [-0.1, -0.05) is 6.42 Å². The molecule has 0 unspecified atom stereocenters. The number of likely N-dealkylation sites (tertiary alicyclic amines) is 1. The standard InChI is InChI=1S/C20H24N6OS/c1-25(2)20(27)18-17(21)14-6-7-15(24-19(14)28-18)16-5-3-4-10-26(16)12-13-11-22-8-9-23-13/h6-9,11,16H,3-5,10,12,21H2,1-2H3/t16-/m1/s1. The number of nitrogens with two attached hydrogens (primary N) is 1. The number of anilines is 1. The molecule has 3 aromatic heterocycles. The van der Waals surface area contributed by atoms with Gasteiger partial charge in [0.2, 0.25) is 0 Å². The maximum absolute atomic E-state index is 12.4. The highest BCUT2D eigenvalue weighted by Crippen LogP contribution is 2.36. The molecule has 1 saturated heterocycles. The number of amides is 1. The highest BCUT2D eigenvalue weighted by molar-refractivity contribution is 7.21. The van der Waals surface area contributed by atoms with E-state index >= 15 is 0 Å². The molecule has 0 aromatic carbocycles. The first-order chi connectivity index (χ1) is 13.5. The van der Waals surface area contributed by atoms with Crippen molar-refractivity contribution in [3.05, 3.63) is 47.0 Å². The lowest BCUT2D eigenvalue weighted by atomic mass is 9.98. The van der Waals surface area contributed by atoms with E-state index in [9.17, 15) is 4.79 Å². The fourth-order valence-electron chi connectivity index (χ4n) is 3.69. The fraction of sp³-hybridized carbons (Fsp3) is 0.400. The summed E-state index contributed by atoms with van der Waals surface area (Å²) in [5, 5.41) is 0.857. The normalized spacial score (nSPS) is 17.7. The number of aromatic nitrogens is 3. The Morgan fingerprint density at radius 1 is 1.32 bits per heavy atom. The number of fused-ring (bicyclic) bond motifs is 1. The quantitative estimate of drug-likeness (QED) is 0.729. The molecule has 0 radical (unpaired) electrons. The van der Waals surface area contributed by atoms with Gasteiger partial charge in [-0.3, -0.25) is 19.7 Å². The molecule has 0 bridgehead atoms. The summed E-state index contributed by atoms with van der Waals surface area (Å²) in [6.07, 6.45) is 8.66. The van der Waals surface area contributed by atoms with E-state index in [2.05, 4.69) is 20.9 Å². The Kier molecular flexibility index (Phi) is 5.23. The Hall–Kier alpha value is -2.58. The van der Waals surface area contributed by atoms with E-state index in [0.717, 1.165) is 41.1 Å². The molecule has 1 amide bonds. The predicted octanol–water partition coefficient (Wildman–Crippen LogP) is 3.10. The highest BCUT2D eigenvalue weighted by atomic mass is 32.1. The highest BCUT2D eigenvalue weighted by Gasteiger charge is 2.27. The number of nitrogen functional groups attached to an aromatic ring is 1. The molecule has 0 aliphatic carbocycles. The first-order valence-electron chi connectivity index (χ1n) is 9.44. The zero-order valence-electron chi connectivity index (χ0n) is 16.1. The van der Waals surface area contributed by atoms with Crippen LogP contribution in [0.5, 0.6) is 0 Å². The predicted molar refractivity (Wildman–Crippen MR) is 111 cm³/mol. The van der Waals surface area contributed by atoms with Crippen LogP contribution in [0.2, 0.25) is 0 Å². The van der Waals surface area contributed by atoms with Crippen LogP contribution < -0.4 is 5.73 Å². The summed E-state index contributed by atoms with van der Waals surface area (Å²) in [6.45, 7) is 1.77. The van der Waals surface area contributed by atoms with Gasteiger partial charge >= 0.3 is 0 Å². The number of hydrogen-bond acceptors (Lipinski definition) is 7. The Bertz CT molecular complexity index is 987. The van der Waals surface area contributed by atoms with Gasteiger partial charge in [0.05, 0.1) is 23.1 Å². The average Bonchev–Trinajstić information content (AvgIpc) is 3.04. The van der Waals surface area contributed by atoms with Crippen LogP contribution in [-0.2, 0) is 6.54 Å². The van der Waals surface area contributed by atoms with Crippen LogP contribution in [0.4, 0.5) is 5.69 Å². The van der Waals surface area contributed by atoms with Gasteiger partial charge in [-0.25, -0.2) is 4.98 Å². The van der Waals surface area contributed by atoms with Gasteiger partial charge in [-0.15, -0.1) is 11.3 Å². The molecular formula is C20H24N6OS. The minimum Gasteiger partial charge on any atom is -0.397 e. The molecule has 146 valence electrons. The minimum atomic E-state index is -0.0796. The van der Waals surface area contributed by atoms with Crippen LogP contribution in [-0.4, -0.2) is 51.3 Å². The Morgan fingerprint density at radius 2 is 2.18 bits per heavy atom. The summed E-state index contributed by atoms with van der Waals surface area (Å²) >= 11 is 1.38. The lowest BCUT2D eigenvalue weighted by Crippen LogP contribution is -2.33. The molecule has 7 nitrogen and oxygen atoms in total. The number of piperidine rings is 1. The fourth-order valence-corrected chi connectivity index (χ4v) is 4.82. The van der Waals surface area contributed by atoms with E-state index < -0.39 is 0 Å².